The zero-order chi connectivity index (χ0) is 22.7. The van der Waals surface area contributed by atoms with Crippen molar-refractivity contribution < 1.29 is 37.0 Å². The van der Waals surface area contributed by atoms with Gasteiger partial charge < -0.3 is 14.2 Å². The quantitative estimate of drug-likeness (QED) is 0.644. The largest absolute Gasteiger partial charge is 0.486 e. The van der Waals surface area contributed by atoms with Gasteiger partial charge >= 0.3 is 5.97 Å². The number of ether oxygens (including phenoxy) is 3. The predicted molar refractivity (Wildman–Crippen MR) is 111 cm³/mol. The molecule has 11 heteroatoms. The summed E-state index contributed by atoms with van der Waals surface area (Å²) in [5.41, 5.74) is 0.364. The molecule has 0 aromatic heterocycles. The summed E-state index contributed by atoms with van der Waals surface area (Å²) in [6.45, 7) is 0.522. The lowest BCUT2D eigenvalue weighted by Crippen LogP contribution is -2.35. The van der Waals surface area contributed by atoms with E-state index in [4.69, 9.17) is 14.2 Å². The molecule has 2 aromatic rings. The third kappa shape index (κ3) is 4.67. The predicted octanol–water partition coefficient (Wildman–Crippen LogP) is 1.56. The summed E-state index contributed by atoms with van der Waals surface area (Å²) in [6, 6.07) is 9.86. The van der Waals surface area contributed by atoms with Crippen LogP contribution in [0.25, 0.3) is 0 Å². The number of hydrogen-bond donors (Lipinski definition) is 1. The third-order valence-electron chi connectivity index (χ3n) is 4.90. The number of carbonyl (C=O) groups is 3. The van der Waals surface area contributed by atoms with Gasteiger partial charge in [0.1, 0.15) is 13.2 Å². The summed E-state index contributed by atoms with van der Waals surface area (Å²) in [5.74, 6) is -0.773. The Hall–Kier alpha value is -3.60. The third-order valence-corrected chi connectivity index (χ3v) is 6.28. The number of nitrogens with zero attached hydrogens (tertiary/aromatic N) is 1. The maximum atomic E-state index is 12.7. The van der Waals surface area contributed by atoms with Gasteiger partial charge in [-0.05, 0) is 42.8 Å². The van der Waals surface area contributed by atoms with Crippen molar-refractivity contribution >= 4 is 33.5 Å². The van der Waals surface area contributed by atoms with Gasteiger partial charge in [-0.1, -0.05) is 0 Å². The molecule has 10 nitrogen and oxygen atoms in total. The second kappa shape index (κ2) is 8.87. The van der Waals surface area contributed by atoms with Crippen LogP contribution in [-0.4, -0.2) is 57.5 Å². The Morgan fingerprint density at radius 1 is 1.03 bits per heavy atom. The molecule has 0 radical (unpaired) electrons. The number of rotatable bonds is 6. The Morgan fingerprint density at radius 3 is 2.44 bits per heavy atom. The molecular weight excluding hydrogens is 440 g/mol. The van der Waals surface area contributed by atoms with E-state index in [0.717, 1.165) is 4.90 Å². The number of benzene rings is 2. The van der Waals surface area contributed by atoms with Crippen LogP contribution in [0, 0.1) is 0 Å². The van der Waals surface area contributed by atoms with E-state index < -0.39 is 28.5 Å². The molecule has 168 valence electrons. The van der Waals surface area contributed by atoms with Gasteiger partial charge in [0.25, 0.3) is 15.9 Å². The van der Waals surface area contributed by atoms with E-state index in [9.17, 15) is 22.8 Å². The first kappa shape index (κ1) is 21.6. The van der Waals surface area contributed by atoms with Crippen molar-refractivity contribution in [3.63, 3.8) is 0 Å². The zero-order valence-corrected chi connectivity index (χ0v) is 17.7. The van der Waals surface area contributed by atoms with Gasteiger partial charge in [0, 0.05) is 24.7 Å². The van der Waals surface area contributed by atoms with Crippen LogP contribution in [0.1, 0.15) is 23.2 Å². The number of likely N-dealkylation sites (tertiary alicyclic amines) is 1. The van der Waals surface area contributed by atoms with Crippen LogP contribution in [0.2, 0.25) is 0 Å². The number of amides is 2. The monoisotopic (exact) mass is 460 g/mol. The molecule has 0 bridgehead atoms. The number of hydrogen-bond acceptors (Lipinski definition) is 8. The lowest BCUT2D eigenvalue weighted by molar-refractivity contribution is -0.143. The Morgan fingerprint density at radius 2 is 1.75 bits per heavy atom. The minimum atomic E-state index is -3.90. The highest BCUT2D eigenvalue weighted by atomic mass is 32.2. The molecule has 0 atom stereocenters. The molecule has 2 aromatic carbocycles. The van der Waals surface area contributed by atoms with Gasteiger partial charge in [-0.2, -0.15) is 0 Å². The normalized spacial score (nSPS) is 15.4. The maximum absolute atomic E-state index is 12.7. The summed E-state index contributed by atoms with van der Waals surface area (Å²) in [6.07, 6.45) is 0.908. The van der Waals surface area contributed by atoms with Crippen LogP contribution < -0.4 is 14.2 Å². The van der Waals surface area contributed by atoms with Crippen molar-refractivity contribution in [3.8, 4) is 11.5 Å². The molecule has 0 saturated carbocycles. The van der Waals surface area contributed by atoms with Gasteiger partial charge in [0.2, 0.25) is 5.91 Å². The first-order valence-electron chi connectivity index (χ1n) is 9.86. The second-order valence-corrected chi connectivity index (χ2v) is 8.79. The molecule has 1 N–H and O–H groups in total. The van der Waals surface area contributed by atoms with Gasteiger partial charge in [-0.3, -0.25) is 19.2 Å². The smallest absolute Gasteiger partial charge is 0.338 e. The number of anilines is 1. The summed E-state index contributed by atoms with van der Waals surface area (Å²) >= 11 is 0. The molecule has 0 unspecified atom stereocenters. The first-order chi connectivity index (χ1) is 15.3. The number of nitrogens with one attached hydrogen (secondary N) is 1. The first-order valence-corrected chi connectivity index (χ1v) is 11.3. The van der Waals surface area contributed by atoms with E-state index >= 15 is 0 Å². The van der Waals surface area contributed by atoms with E-state index in [2.05, 4.69) is 4.72 Å². The average Bonchev–Trinajstić information content (AvgIpc) is 3.23. The van der Waals surface area contributed by atoms with Crippen LogP contribution in [0.5, 0.6) is 11.5 Å². The Labute approximate surface area is 184 Å². The molecule has 1 fully saturated rings. The van der Waals surface area contributed by atoms with Crippen molar-refractivity contribution in [1.29, 1.82) is 0 Å². The SMILES string of the molecule is O=C(OCC(=O)N1CCCC1=O)c1ccc(NS(=O)(=O)c2ccc3c(c2)OCCO3)cc1. The van der Waals surface area contributed by atoms with Crippen molar-refractivity contribution in [2.75, 3.05) is 31.1 Å². The van der Waals surface area contributed by atoms with Crippen molar-refractivity contribution in [2.24, 2.45) is 0 Å². The molecule has 2 amide bonds. The van der Waals surface area contributed by atoms with Crippen molar-refractivity contribution in [1.82, 2.24) is 4.90 Å². The molecule has 2 aliphatic heterocycles. The number of fused-ring (bicyclic) bond motifs is 1. The summed E-state index contributed by atoms with van der Waals surface area (Å²) in [4.78, 5) is 36.7. The van der Waals surface area contributed by atoms with Crippen LogP contribution >= 0.6 is 0 Å². The van der Waals surface area contributed by atoms with Crippen LogP contribution in [0.15, 0.2) is 47.4 Å². The van der Waals surface area contributed by atoms with E-state index in [1.807, 2.05) is 0 Å². The van der Waals surface area contributed by atoms with Crippen LogP contribution in [0.3, 0.4) is 0 Å². The number of sulfonamides is 1. The Kier molecular flexibility index (Phi) is 5.99. The Balaban J connectivity index is 1.37. The minimum Gasteiger partial charge on any atom is -0.486 e. The fourth-order valence-electron chi connectivity index (χ4n) is 3.28. The molecule has 32 heavy (non-hydrogen) atoms. The summed E-state index contributed by atoms with van der Waals surface area (Å²) in [5, 5.41) is 0. The maximum Gasteiger partial charge on any atom is 0.338 e. The second-order valence-electron chi connectivity index (χ2n) is 7.11. The Bertz CT molecular complexity index is 1160. The number of imide groups is 1. The molecule has 2 heterocycles. The molecular formula is C21H20N2O8S. The molecule has 4 rings (SSSR count). The topological polar surface area (TPSA) is 128 Å². The molecule has 2 aliphatic rings. The zero-order valence-electron chi connectivity index (χ0n) is 16.9. The summed E-state index contributed by atoms with van der Waals surface area (Å²) < 4.78 is 43.5. The molecule has 0 spiro atoms. The highest BCUT2D eigenvalue weighted by Crippen LogP contribution is 2.32. The minimum absolute atomic E-state index is 0.000193. The van der Waals surface area contributed by atoms with Crippen LogP contribution in [-0.2, 0) is 24.3 Å². The number of esters is 1. The van der Waals surface area contributed by atoms with E-state index in [-0.39, 0.29) is 22.1 Å². The van der Waals surface area contributed by atoms with Crippen molar-refractivity contribution in [3.05, 3.63) is 48.0 Å². The lowest BCUT2D eigenvalue weighted by atomic mass is 10.2. The van der Waals surface area contributed by atoms with Crippen LogP contribution in [0.4, 0.5) is 5.69 Å². The fraction of sp³-hybridized carbons (Fsp3) is 0.286. The van der Waals surface area contributed by atoms with E-state index in [1.54, 1.807) is 0 Å². The van der Waals surface area contributed by atoms with Gasteiger partial charge in [0.15, 0.2) is 18.1 Å². The van der Waals surface area contributed by atoms with E-state index in [0.29, 0.717) is 44.1 Å². The number of carbonyl (C=O) groups excluding carboxylic acids is 3. The lowest BCUT2D eigenvalue weighted by Gasteiger charge is -2.19. The average molecular weight is 460 g/mol. The molecule has 0 aliphatic carbocycles. The van der Waals surface area contributed by atoms with Gasteiger partial charge in [-0.15, -0.1) is 0 Å². The highest BCUT2D eigenvalue weighted by Gasteiger charge is 2.27. The van der Waals surface area contributed by atoms with Gasteiger partial charge in [-0.25, -0.2) is 13.2 Å². The summed E-state index contributed by atoms with van der Waals surface area (Å²) in [7, 11) is -3.90. The standard InChI is InChI=1S/C21H20N2O8S/c24-19-2-1-9-23(19)20(25)13-31-21(26)14-3-5-15(6-4-14)22-32(27,28)16-7-8-17-18(12-16)30-11-10-29-17/h3-8,12,22H,1-2,9-11,13H2. The van der Waals surface area contributed by atoms with Gasteiger partial charge in [0.05, 0.1) is 10.5 Å². The highest BCUT2D eigenvalue weighted by molar-refractivity contribution is 7.92. The van der Waals surface area contributed by atoms with E-state index in [1.165, 1.54) is 42.5 Å². The molecule has 1 saturated heterocycles. The van der Waals surface area contributed by atoms with Crippen molar-refractivity contribution in [2.45, 2.75) is 17.7 Å². The fourth-order valence-corrected chi connectivity index (χ4v) is 4.35.